The van der Waals surface area contributed by atoms with E-state index in [9.17, 15) is 10.1 Å². The van der Waals surface area contributed by atoms with Crippen molar-refractivity contribution < 1.29 is 4.92 Å². The van der Waals surface area contributed by atoms with Crippen LogP contribution in [0.1, 0.15) is 34.8 Å². The number of rotatable bonds is 4. The van der Waals surface area contributed by atoms with E-state index >= 15 is 0 Å². The molecule has 0 radical (unpaired) electrons. The fraction of sp³-hybridized carbons (Fsp3) is 0.273. The summed E-state index contributed by atoms with van der Waals surface area (Å²) in [5.41, 5.74) is 4.53. The molecule has 5 nitrogen and oxygen atoms in total. The molecule has 2 heterocycles. The predicted octanol–water partition coefficient (Wildman–Crippen LogP) is 4.70. The Bertz CT molecular complexity index is 946. The van der Waals surface area contributed by atoms with Gasteiger partial charge in [-0.3, -0.25) is 15.0 Å². The first kappa shape index (κ1) is 17.5. The molecular formula is C22H23N3O2. The van der Waals surface area contributed by atoms with E-state index in [4.69, 9.17) is 0 Å². The molecule has 27 heavy (non-hydrogen) atoms. The van der Waals surface area contributed by atoms with Crippen LogP contribution in [0.5, 0.6) is 0 Å². The van der Waals surface area contributed by atoms with Gasteiger partial charge < -0.3 is 4.57 Å². The molecule has 0 amide bonds. The van der Waals surface area contributed by atoms with Crippen molar-refractivity contribution in [1.29, 1.82) is 0 Å². The number of hydrogen-bond donors (Lipinski definition) is 0. The third-order valence-electron chi connectivity index (χ3n) is 5.29. The molecule has 0 aliphatic carbocycles. The van der Waals surface area contributed by atoms with Crippen LogP contribution in [0.4, 0.5) is 5.69 Å². The topological polar surface area (TPSA) is 51.3 Å². The van der Waals surface area contributed by atoms with Gasteiger partial charge in [0.1, 0.15) is 0 Å². The Kier molecular flexibility index (Phi) is 4.77. The summed E-state index contributed by atoms with van der Waals surface area (Å²) in [4.78, 5) is 13.8. The minimum Gasteiger partial charge on any atom is -0.350 e. The van der Waals surface area contributed by atoms with Crippen LogP contribution < -0.4 is 0 Å². The van der Waals surface area contributed by atoms with Crippen molar-refractivity contribution in [2.75, 3.05) is 6.54 Å². The lowest BCUT2D eigenvalue weighted by molar-refractivity contribution is -0.385. The van der Waals surface area contributed by atoms with E-state index in [-0.39, 0.29) is 16.7 Å². The number of nitro benzene ring substituents is 1. The smallest absolute Gasteiger partial charge is 0.274 e. The van der Waals surface area contributed by atoms with Gasteiger partial charge in [0.2, 0.25) is 0 Å². The first-order valence-electron chi connectivity index (χ1n) is 9.31. The van der Waals surface area contributed by atoms with Gasteiger partial charge in [-0.25, -0.2) is 0 Å². The van der Waals surface area contributed by atoms with E-state index in [1.165, 1.54) is 11.1 Å². The molecular weight excluding hydrogens is 338 g/mol. The molecule has 1 aliphatic rings. The van der Waals surface area contributed by atoms with Crippen LogP contribution in [0, 0.1) is 17.0 Å². The molecule has 0 N–H and O–H groups in total. The van der Waals surface area contributed by atoms with Crippen molar-refractivity contribution in [3.63, 3.8) is 0 Å². The highest BCUT2D eigenvalue weighted by atomic mass is 16.6. The Morgan fingerprint density at radius 1 is 1.04 bits per heavy atom. The highest BCUT2D eigenvalue weighted by molar-refractivity contribution is 5.45. The van der Waals surface area contributed by atoms with E-state index in [1.807, 2.05) is 18.2 Å². The third kappa shape index (κ3) is 3.51. The monoisotopic (exact) mass is 361 g/mol. The first-order chi connectivity index (χ1) is 13.1. The highest BCUT2D eigenvalue weighted by Crippen LogP contribution is 2.37. The molecule has 1 aliphatic heterocycles. The van der Waals surface area contributed by atoms with Gasteiger partial charge >= 0.3 is 0 Å². The van der Waals surface area contributed by atoms with Crippen LogP contribution in [0.25, 0.3) is 0 Å². The van der Waals surface area contributed by atoms with E-state index in [1.54, 1.807) is 12.1 Å². The molecule has 0 bridgehead atoms. The Morgan fingerprint density at radius 3 is 2.59 bits per heavy atom. The average Bonchev–Trinajstić information content (AvgIpc) is 3.05. The minimum absolute atomic E-state index is 0.134. The maximum Gasteiger partial charge on any atom is 0.274 e. The lowest BCUT2D eigenvalue weighted by Crippen LogP contribution is -2.30. The summed E-state index contributed by atoms with van der Waals surface area (Å²) in [7, 11) is 0. The van der Waals surface area contributed by atoms with Crippen LogP contribution in [0.2, 0.25) is 0 Å². The SMILES string of the molecule is Cc1ccc(CN2CCCn3cccc3[C@@H]2c2ccccc2[N+](=O)[O-])cc1. The zero-order valence-electron chi connectivity index (χ0n) is 15.4. The van der Waals surface area contributed by atoms with E-state index in [0.29, 0.717) is 0 Å². The van der Waals surface area contributed by atoms with E-state index in [2.05, 4.69) is 52.9 Å². The van der Waals surface area contributed by atoms with Crippen LogP contribution in [-0.2, 0) is 13.1 Å². The molecule has 0 saturated carbocycles. The Morgan fingerprint density at radius 2 is 1.81 bits per heavy atom. The number of nitro groups is 1. The van der Waals surface area contributed by atoms with Gasteiger partial charge in [0, 0.05) is 37.6 Å². The summed E-state index contributed by atoms with van der Waals surface area (Å²) >= 11 is 0. The fourth-order valence-corrected chi connectivity index (χ4v) is 3.98. The highest BCUT2D eigenvalue weighted by Gasteiger charge is 2.32. The summed E-state index contributed by atoms with van der Waals surface area (Å²) in [5.74, 6) is 0. The molecule has 1 atom stereocenters. The van der Waals surface area contributed by atoms with Crippen molar-refractivity contribution in [2.24, 2.45) is 0 Å². The second-order valence-corrected chi connectivity index (χ2v) is 7.15. The molecule has 2 aromatic carbocycles. The molecule has 4 rings (SSSR count). The van der Waals surface area contributed by atoms with Crippen LogP contribution >= 0.6 is 0 Å². The Hall–Kier alpha value is -2.92. The Balaban J connectivity index is 1.79. The second kappa shape index (κ2) is 7.37. The lowest BCUT2D eigenvalue weighted by Gasteiger charge is -2.30. The molecule has 1 aromatic heterocycles. The number of fused-ring (bicyclic) bond motifs is 1. The molecule has 0 spiro atoms. The maximum absolute atomic E-state index is 11.7. The molecule has 5 heteroatoms. The number of aromatic nitrogens is 1. The van der Waals surface area contributed by atoms with Gasteiger partial charge in [-0.15, -0.1) is 0 Å². The summed E-state index contributed by atoms with van der Waals surface area (Å²) in [6.45, 7) is 4.68. The van der Waals surface area contributed by atoms with Crippen LogP contribution in [0.3, 0.4) is 0 Å². The second-order valence-electron chi connectivity index (χ2n) is 7.15. The molecule has 0 fully saturated rings. The number of benzene rings is 2. The number of nitrogens with zero attached hydrogens (tertiary/aromatic N) is 3. The van der Waals surface area contributed by atoms with Crippen LogP contribution in [-0.4, -0.2) is 20.9 Å². The normalized spacial score (nSPS) is 17.3. The number of para-hydroxylation sites is 1. The molecule has 138 valence electrons. The number of aryl methyl sites for hydroxylation is 2. The zero-order valence-corrected chi connectivity index (χ0v) is 15.4. The van der Waals surface area contributed by atoms with E-state index < -0.39 is 0 Å². The summed E-state index contributed by atoms with van der Waals surface area (Å²) in [6.07, 6.45) is 3.09. The largest absolute Gasteiger partial charge is 0.350 e. The predicted molar refractivity (Wildman–Crippen MR) is 106 cm³/mol. The van der Waals surface area contributed by atoms with Crippen molar-refractivity contribution in [3.8, 4) is 0 Å². The lowest BCUT2D eigenvalue weighted by atomic mass is 9.99. The van der Waals surface area contributed by atoms with Crippen molar-refractivity contribution in [1.82, 2.24) is 9.47 Å². The molecule has 0 saturated heterocycles. The van der Waals surface area contributed by atoms with Gasteiger partial charge in [0.05, 0.1) is 16.5 Å². The van der Waals surface area contributed by atoms with Gasteiger partial charge in [-0.2, -0.15) is 0 Å². The Labute approximate surface area is 159 Å². The average molecular weight is 361 g/mol. The standard InChI is InChI=1S/C22H23N3O2/c1-17-9-11-18(12-10-17)16-24-15-5-14-23-13-4-8-21(23)22(24)19-6-2-3-7-20(19)25(26)27/h2-4,6-13,22H,5,14-16H2,1H3/t22-/m0/s1. The number of hydrogen-bond acceptors (Lipinski definition) is 3. The molecule has 0 unspecified atom stereocenters. The molecule has 3 aromatic rings. The minimum atomic E-state index is -0.266. The quantitative estimate of drug-likeness (QED) is 0.500. The first-order valence-corrected chi connectivity index (χ1v) is 9.31. The summed E-state index contributed by atoms with van der Waals surface area (Å²) in [6, 6.07) is 19.7. The van der Waals surface area contributed by atoms with E-state index in [0.717, 1.165) is 37.3 Å². The third-order valence-corrected chi connectivity index (χ3v) is 5.29. The van der Waals surface area contributed by atoms with Crippen molar-refractivity contribution >= 4 is 5.69 Å². The van der Waals surface area contributed by atoms with Crippen molar-refractivity contribution in [3.05, 3.63) is 99.4 Å². The van der Waals surface area contributed by atoms with Gasteiger partial charge in [0.15, 0.2) is 0 Å². The van der Waals surface area contributed by atoms with Gasteiger partial charge in [-0.1, -0.05) is 48.0 Å². The van der Waals surface area contributed by atoms with Crippen LogP contribution in [0.15, 0.2) is 66.9 Å². The van der Waals surface area contributed by atoms with Gasteiger partial charge in [0.25, 0.3) is 5.69 Å². The van der Waals surface area contributed by atoms with Gasteiger partial charge in [-0.05, 0) is 31.0 Å². The van der Waals surface area contributed by atoms with Crippen molar-refractivity contribution in [2.45, 2.75) is 32.5 Å². The fourth-order valence-electron chi connectivity index (χ4n) is 3.98. The summed E-state index contributed by atoms with van der Waals surface area (Å²) in [5, 5.41) is 11.7. The maximum atomic E-state index is 11.7. The zero-order chi connectivity index (χ0) is 18.8. The summed E-state index contributed by atoms with van der Waals surface area (Å²) < 4.78 is 2.23.